The first kappa shape index (κ1) is 53.3. The van der Waals surface area contributed by atoms with E-state index in [0.717, 1.165) is 57.8 Å². The predicted molar refractivity (Wildman–Crippen MR) is 225 cm³/mol. The third-order valence-corrected chi connectivity index (χ3v) is 10.3. The zero-order valence-electron chi connectivity index (χ0n) is 34.8. The van der Waals surface area contributed by atoms with Crippen LogP contribution < -0.4 is 0 Å². The Kier molecular flexibility index (Phi) is 31.3. The second kappa shape index (κ2) is 34.0. The number of rotatable bonds is 33. The molecule has 0 aromatic carbocycles. The van der Waals surface area contributed by atoms with E-state index in [9.17, 15) is 44.6 Å². The predicted octanol–water partition coefficient (Wildman–Crippen LogP) is 7.55. The average Bonchev–Trinajstić information content (AvgIpc) is 3.20. The van der Waals surface area contributed by atoms with Crippen LogP contribution >= 0.6 is 7.82 Å². The van der Waals surface area contributed by atoms with Crippen molar-refractivity contribution in [2.45, 2.75) is 179 Å². The van der Waals surface area contributed by atoms with Gasteiger partial charge >= 0.3 is 19.8 Å². The van der Waals surface area contributed by atoms with Crippen LogP contribution in [0.15, 0.2) is 72.9 Å². The molecule has 0 bridgehead atoms. The van der Waals surface area contributed by atoms with E-state index >= 15 is 0 Å². The monoisotopic (exact) mass is 840 g/mol. The van der Waals surface area contributed by atoms with E-state index in [2.05, 4.69) is 68.5 Å². The second-order valence-electron chi connectivity index (χ2n) is 14.5. The standard InChI is InChI=1S/C44H73O13P/c1-3-5-7-9-11-13-15-16-17-18-19-20-21-22-23-25-26-28-30-32-37(45)54-34-36(56-38(46)33-31-29-27-24-14-12-10-8-6-4-2)35-55-58(52,53)57-44-42(50)40(48)39(47)41(49)43(44)51/h5,7,11,13,16-17,19-20,22-23,26,28,36,39-44,47-51H,3-4,6,8-10,12,14-15,18,21,24-25,27,29-35H2,1-2H3,(H,52,53)/b7-5-,13-11-,17-16-,20-19-,23-22-,28-26-/t36-,39?,40-,41?,42?,43?,44?/m1/s1. The summed E-state index contributed by atoms with van der Waals surface area (Å²) in [5, 5.41) is 50.0. The molecule has 0 aliphatic heterocycles. The minimum absolute atomic E-state index is 0.0395. The first-order valence-electron chi connectivity index (χ1n) is 21.2. The maximum Gasteiger partial charge on any atom is 0.472 e. The zero-order chi connectivity index (χ0) is 42.9. The van der Waals surface area contributed by atoms with Gasteiger partial charge in [0.2, 0.25) is 0 Å². The quantitative estimate of drug-likeness (QED) is 0.0163. The Balaban J connectivity index is 2.53. The van der Waals surface area contributed by atoms with Crippen LogP contribution in [0.1, 0.15) is 136 Å². The number of ether oxygens (including phenoxy) is 2. The molecule has 0 amide bonds. The molecule has 6 unspecified atom stereocenters. The third-order valence-electron chi connectivity index (χ3n) is 9.33. The van der Waals surface area contributed by atoms with Crippen LogP contribution in [-0.2, 0) is 32.7 Å². The van der Waals surface area contributed by atoms with Gasteiger partial charge in [0, 0.05) is 12.8 Å². The molecule has 1 saturated carbocycles. The molecule has 0 saturated heterocycles. The molecule has 58 heavy (non-hydrogen) atoms. The molecule has 6 N–H and O–H groups in total. The van der Waals surface area contributed by atoms with E-state index < -0.39 is 75.7 Å². The lowest BCUT2D eigenvalue weighted by Crippen LogP contribution is -2.64. The molecule has 1 fully saturated rings. The minimum atomic E-state index is -5.13. The van der Waals surface area contributed by atoms with Gasteiger partial charge in [-0.15, -0.1) is 0 Å². The largest absolute Gasteiger partial charge is 0.472 e. The molecular formula is C44H73O13P. The summed E-state index contributed by atoms with van der Waals surface area (Å²) < 4.78 is 33.3. The summed E-state index contributed by atoms with van der Waals surface area (Å²) in [5.41, 5.74) is 0. The number of allylic oxidation sites excluding steroid dienone is 12. The van der Waals surface area contributed by atoms with Gasteiger partial charge in [0.15, 0.2) is 6.10 Å². The molecule has 0 spiro atoms. The highest BCUT2D eigenvalue weighted by Crippen LogP contribution is 2.47. The van der Waals surface area contributed by atoms with Crippen LogP contribution in [0, 0.1) is 0 Å². The third kappa shape index (κ3) is 26.4. The molecule has 1 rings (SSSR count). The molecule has 332 valence electrons. The van der Waals surface area contributed by atoms with Crippen LogP contribution in [-0.4, -0.2) is 98.3 Å². The molecule has 0 aromatic rings. The number of unbranched alkanes of at least 4 members (excludes halogenated alkanes) is 9. The topological polar surface area (TPSA) is 210 Å². The van der Waals surface area contributed by atoms with Crippen molar-refractivity contribution in [3.63, 3.8) is 0 Å². The molecule has 1 aliphatic rings. The molecule has 13 nitrogen and oxygen atoms in total. The number of carbonyl (C=O) groups is 2. The summed E-state index contributed by atoms with van der Waals surface area (Å²) in [6, 6.07) is 0. The molecular weight excluding hydrogens is 767 g/mol. The Bertz CT molecular complexity index is 1290. The Morgan fingerprint density at radius 1 is 0.552 bits per heavy atom. The van der Waals surface area contributed by atoms with Gasteiger partial charge in [0.1, 0.15) is 43.2 Å². The van der Waals surface area contributed by atoms with Crippen LogP contribution in [0.25, 0.3) is 0 Å². The van der Waals surface area contributed by atoms with E-state index in [0.29, 0.717) is 19.3 Å². The maximum absolute atomic E-state index is 12.8. The number of aliphatic hydroxyl groups excluding tert-OH is 5. The lowest BCUT2D eigenvalue weighted by atomic mass is 9.85. The van der Waals surface area contributed by atoms with Crippen LogP contribution in [0.4, 0.5) is 0 Å². The Labute approximate surface area is 346 Å². The lowest BCUT2D eigenvalue weighted by molar-refractivity contribution is -0.220. The van der Waals surface area contributed by atoms with Crippen molar-refractivity contribution in [1.82, 2.24) is 0 Å². The summed E-state index contributed by atoms with van der Waals surface area (Å²) in [6.45, 7) is 3.07. The molecule has 8 atom stereocenters. The van der Waals surface area contributed by atoms with Crippen LogP contribution in [0.5, 0.6) is 0 Å². The van der Waals surface area contributed by atoms with E-state index in [1.807, 2.05) is 18.2 Å². The van der Waals surface area contributed by atoms with Gasteiger partial charge in [0.05, 0.1) is 6.61 Å². The smallest absolute Gasteiger partial charge is 0.462 e. The van der Waals surface area contributed by atoms with Crippen molar-refractivity contribution in [1.29, 1.82) is 0 Å². The first-order chi connectivity index (χ1) is 27.9. The van der Waals surface area contributed by atoms with E-state index in [1.54, 1.807) is 0 Å². The summed E-state index contributed by atoms with van der Waals surface area (Å²) in [5.74, 6) is -1.21. The van der Waals surface area contributed by atoms with Crippen molar-refractivity contribution in [3.8, 4) is 0 Å². The van der Waals surface area contributed by atoms with Crippen molar-refractivity contribution in [2.24, 2.45) is 0 Å². The molecule has 1 aliphatic carbocycles. The fourth-order valence-electron chi connectivity index (χ4n) is 5.90. The molecule has 0 radical (unpaired) electrons. The highest BCUT2D eigenvalue weighted by Gasteiger charge is 2.51. The van der Waals surface area contributed by atoms with E-state index in [1.165, 1.54) is 32.1 Å². The van der Waals surface area contributed by atoms with Gasteiger partial charge in [-0.25, -0.2) is 4.57 Å². The Morgan fingerprint density at radius 2 is 0.983 bits per heavy atom. The minimum Gasteiger partial charge on any atom is -0.462 e. The summed E-state index contributed by atoms with van der Waals surface area (Å²) in [6.07, 6.45) is 28.5. The second-order valence-corrected chi connectivity index (χ2v) is 15.9. The maximum atomic E-state index is 12.8. The lowest BCUT2D eigenvalue weighted by Gasteiger charge is -2.41. The van der Waals surface area contributed by atoms with Gasteiger partial charge in [-0.1, -0.05) is 145 Å². The molecule has 0 aromatic heterocycles. The van der Waals surface area contributed by atoms with Gasteiger partial charge in [0.25, 0.3) is 0 Å². The van der Waals surface area contributed by atoms with Crippen molar-refractivity contribution >= 4 is 19.8 Å². The number of hydrogen-bond acceptors (Lipinski definition) is 12. The van der Waals surface area contributed by atoms with Crippen LogP contribution in [0.3, 0.4) is 0 Å². The van der Waals surface area contributed by atoms with Crippen molar-refractivity contribution < 1.29 is 63.1 Å². The number of phosphoric acid groups is 1. The Morgan fingerprint density at radius 3 is 1.47 bits per heavy atom. The van der Waals surface area contributed by atoms with Gasteiger partial charge in [-0.3, -0.25) is 18.6 Å². The van der Waals surface area contributed by atoms with Gasteiger partial charge in [-0.2, -0.15) is 0 Å². The number of hydrogen-bond donors (Lipinski definition) is 6. The molecule has 14 heteroatoms. The first-order valence-corrected chi connectivity index (χ1v) is 22.7. The normalized spacial score (nSPS) is 23.2. The van der Waals surface area contributed by atoms with Gasteiger partial charge in [-0.05, 0) is 51.4 Å². The fraction of sp³-hybridized carbons (Fsp3) is 0.682. The fourth-order valence-corrected chi connectivity index (χ4v) is 6.87. The average molecular weight is 841 g/mol. The van der Waals surface area contributed by atoms with Crippen molar-refractivity contribution in [2.75, 3.05) is 13.2 Å². The number of phosphoric ester groups is 1. The summed E-state index contributed by atoms with van der Waals surface area (Å²) in [4.78, 5) is 35.5. The number of aliphatic hydroxyl groups is 5. The van der Waals surface area contributed by atoms with Gasteiger partial charge < -0.3 is 39.9 Å². The highest BCUT2D eigenvalue weighted by atomic mass is 31.2. The van der Waals surface area contributed by atoms with Crippen LogP contribution in [0.2, 0.25) is 0 Å². The summed E-state index contributed by atoms with van der Waals surface area (Å²) >= 11 is 0. The molecule has 0 heterocycles. The number of carbonyl (C=O) groups excluding carboxylic acids is 2. The summed E-state index contributed by atoms with van der Waals surface area (Å²) in [7, 11) is -5.13. The Hall–Kier alpha value is -2.71. The highest BCUT2D eigenvalue weighted by molar-refractivity contribution is 7.47. The number of esters is 2. The SMILES string of the molecule is CC/C=C\C/C=C\C/C=C\C/C=C\C/C=C\C/C=C\CCC(=O)OC[C@H](COP(=O)(O)OC1C(O)C(O)C(O)[C@@H](O)C1O)OC(=O)CCCCCCCCCCCC. The van der Waals surface area contributed by atoms with E-state index in [4.69, 9.17) is 18.5 Å². The zero-order valence-corrected chi connectivity index (χ0v) is 35.7. The van der Waals surface area contributed by atoms with E-state index in [-0.39, 0.29) is 12.8 Å². The van der Waals surface area contributed by atoms with Crippen molar-refractivity contribution in [3.05, 3.63) is 72.9 Å².